The van der Waals surface area contributed by atoms with E-state index in [0.29, 0.717) is 24.3 Å². The third-order valence-corrected chi connectivity index (χ3v) is 5.04. The molecule has 2 rings (SSSR count). The Hall–Kier alpha value is -2.89. The van der Waals surface area contributed by atoms with Gasteiger partial charge in [-0.2, -0.15) is 0 Å². The third kappa shape index (κ3) is 6.16. The van der Waals surface area contributed by atoms with Crippen LogP contribution in [0.4, 0.5) is 11.4 Å². The molecule has 1 fully saturated rings. The van der Waals surface area contributed by atoms with Crippen molar-refractivity contribution < 1.29 is 33.8 Å². The lowest BCUT2D eigenvalue weighted by Crippen LogP contribution is -2.66. The summed E-state index contributed by atoms with van der Waals surface area (Å²) in [6.07, 6.45) is 0. The van der Waals surface area contributed by atoms with Crippen molar-refractivity contribution in [1.82, 2.24) is 4.90 Å². The number of nitrogen functional groups attached to an aromatic ring is 1. The zero-order valence-corrected chi connectivity index (χ0v) is 20.7. The van der Waals surface area contributed by atoms with Crippen LogP contribution in [0.5, 0.6) is 0 Å². The van der Waals surface area contributed by atoms with E-state index in [4.69, 9.17) is 25.9 Å². The standard InChI is InChI=1S/C23H36N4O7/c1-21(2,3)32-19(30)23(34-25,20(31)33-22(4,5)6)18(29)27-11-9-26(10-12-27)17-13-15(14-28)7-8-16(17)24/h7-8,13,28H,9-12,14,24-25H2,1-6H3. The number of carbonyl (C=O) groups is 3. The lowest BCUT2D eigenvalue weighted by molar-refractivity contribution is -0.208. The van der Waals surface area contributed by atoms with Crippen LogP contribution >= 0.6 is 0 Å². The predicted molar refractivity (Wildman–Crippen MR) is 125 cm³/mol. The largest absolute Gasteiger partial charge is 0.457 e. The van der Waals surface area contributed by atoms with Crippen LogP contribution in [-0.4, -0.2) is 70.8 Å². The molecule has 11 nitrogen and oxygen atoms in total. The highest BCUT2D eigenvalue weighted by Crippen LogP contribution is 2.28. The zero-order valence-electron chi connectivity index (χ0n) is 20.7. The summed E-state index contributed by atoms with van der Waals surface area (Å²) in [6, 6.07) is 5.21. The zero-order chi connectivity index (χ0) is 25.9. The fourth-order valence-electron chi connectivity index (χ4n) is 3.44. The number of nitrogens with zero attached hydrogens (tertiary/aromatic N) is 2. The lowest BCUT2D eigenvalue weighted by atomic mass is 10.00. The number of aliphatic hydroxyl groups excluding tert-OH is 1. The van der Waals surface area contributed by atoms with Crippen LogP contribution < -0.4 is 16.5 Å². The second kappa shape index (κ2) is 10.2. The molecule has 1 amide bonds. The number of esters is 2. The van der Waals surface area contributed by atoms with E-state index in [1.807, 2.05) is 4.90 Å². The summed E-state index contributed by atoms with van der Waals surface area (Å²) in [5, 5.41) is 9.42. The van der Waals surface area contributed by atoms with Gasteiger partial charge in [0.2, 0.25) is 0 Å². The van der Waals surface area contributed by atoms with Crippen LogP contribution in [-0.2, 0) is 35.3 Å². The Labute approximate surface area is 199 Å². The molecule has 0 saturated carbocycles. The van der Waals surface area contributed by atoms with E-state index in [1.165, 1.54) is 4.90 Å². The molecule has 0 radical (unpaired) electrons. The molecule has 5 N–H and O–H groups in total. The van der Waals surface area contributed by atoms with E-state index in [-0.39, 0.29) is 19.7 Å². The summed E-state index contributed by atoms with van der Waals surface area (Å²) in [6.45, 7) is 10.4. The van der Waals surface area contributed by atoms with Crippen molar-refractivity contribution in [3.63, 3.8) is 0 Å². The first-order valence-corrected chi connectivity index (χ1v) is 11.0. The first-order valence-electron chi connectivity index (χ1n) is 11.0. The van der Waals surface area contributed by atoms with Gasteiger partial charge in [0, 0.05) is 26.2 Å². The molecule has 0 bridgehead atoms. The molecular formula is C23H36N4O7. The number of nitrogens with two attached hydrogens (primary N) is 2. The number of benzene rings is 1. The van der Waals surface area contributed by atoms with Gasteiger partial charge in [0.05, 0.1) is 18.0 Å². The van der Waals surface area contributed by atoms with Gasteiger partial charge in [0.15, 0.2) is 0 Å². The maximum Gasteiger partial charge on any atom is 0.363 e. The van der Waals surface area contributed by atoms with Gasteiger partial charge < -0.3 is 30.1 Å². The first-order chi connectivity index (χ1) is 15.6. The molecule has 0 atom stereocenters. The van der Waals surface area contributed by atoms with Crippen LogP contribution in [0.1, 0.15) is 47.1 Å². The molecule has 34 heavy (non-hydrogen) atoms. The molecule has 190 valence electrons. The summed E-state index contributed by atoms with van der Waals surface area (Å²) >= 11 is 0. The van der Waals surface area contributed by atoms with Crippen molar-refractivity contribution in [1.29, 1.82) is 0 Å². The van der Waals surface area contributed by atoms with Crippen LogP contribution in [0.3, 0.4) is 0 Å². The predicted octanol–water partition coefficient (Wildman–Crippen LogP) is 0.722. The van der Waals surface area contributed by atoms with E-state index in [9.17, 15) is 19.5 Å². The second-order valence-electron chi connectivity index (χ2n) is 10.1. The van der Waals surface area contributed by atoms with E-state index >= 15 is 0 Å². The van der Waals surface area contributed by atoms with E-state index < -0.39 is 34.6 Å². The number of hydrogen-bond acceptors (Lipinski definition) is 10. The minimum atomic E-state index is -2.81. The van der Waals surface area contributed by atoms with Crippen molar-refractivity contribution in [3.8, 4) is 0 Å². The Balaban J connectivity index is 2.32. The van der Waals surface area contributed by atoms with Gasteiger partial charge in [0.25, 0.3) is 5.91 Å². The van der Waals surface area contributed by atoms with Crippen molar-refractivity contribution >= 4 is 29.2 Å². The van der Waals surface area contributed by atoms with Crippen molar-refractivity contribution in [2.45, 2.75) is 65.0 Å². The van der Waals surface area contributed by atoms with Gasteiger partial charge in [-0.15, -0.1) is 0 Å². The Morgan fingerprint density at radius 1 is 0.941 bits per heavy atom. The molecule has 1 aliphatic heterocycles. The SMILES string of the molecule is CC(C)(C)OC(=O)C(ON)(C(=O)OC(C)(C)C)C(=O)N1CCN(c2cc(CO)ccc2N)CC1. The number of aliphatic hydroxyl groups is 1. The molecule has 1 aromatic rings. The van der Waals surface area contributed by atoms with Crippen LogP contribution in [0.15, 0.2) is 18.2 Å². The fourth-order valence-corrected chi connectivity index (χ4v) is 3.44. The van der Waals surface area contributed by atoms with Gasteiger partial charge in [-0.3, -0.25) is 9.63 Å². The number of ether oxygens (including phenoxy) is 2. The number of anilines is 2. The summed E-state index contributed by atoms with van der Waals surface area (Å²) in [7, 11) is 0. The Kier molecular flexibility index (Phi) is 8.18. The number of amides is 1. The monoisotopic (exact) mass is 480 g/mol. The summed E-state index contributed by atoms with van der Waals surface area (Å²) in [4.78, 5) is 47.8. The molecule has 0 spiro atoms. The summed E-state index contributed by atoms with van der Waals surface area (Å²) in [5.41, 5.74) is 3.20. The molecule has 0 unspecified atom stereocenters. The van der Waals surface area contributed by atoms with Gasteiger partial charge in [-0.25, -0.2) is 15.5 Å². The average Bonchev–Trinajstić information content (AvgIpc) is 2.72. The maximum absolute atomic E-state index is 13.6. The Morgan fingerprint density at radius 3 is 1.85 bits per heavy atom. The average molecular weight is 481 g/mol. The van der Waals surface area contributed by atoms with Crippen molar-refractivity contribution in [3.05, 3.63) is 23.8 Å². The molecule has 0 aromatic heterocycles. The first kappa shape index (κ1) is 27.4. The minimum Gasteiger partial charge on any atom is -0.457 e. The minimum absolute atomic E-state index is 0.131. The van der Waals surface area contributed by atoms with E-state index in [0.717, 1.165) is 5.69 Å². The van der Waals surface area contributed by atoms with Crippen molar-refractivity contribution in [2.75, 3.05) is 36.8 Å². The topological polar surface area (TPSA) is 158 Å². The number of piperazine rings is 1. The maximum atomic E-state index is 13.6. The third-order valence-electron chi connectivity index (χ3n) is 5.04. The number of carbonyl (C=O) groups excluding carboxylic acids is 3. The van der Waals surface area contributed by atoms with Crippen molar-refractivity contribution in [2.24, 2.45) is 5.90 Å². The molecule has 11 heteroatoms. The van der Waals surface area contributed by atoms with Gasteiger partial charge in [0.1, 0.15) is 11.2 Å². The highest BCUT2D eigenvalue weighted by atomic mass is 16.7. The molecule has 1 aliphatic rings. The highest BCUT2D eigenvalue weighted by molar-refractivity contribution is 6.23. The molecular weight excluding hydrogens is 444 g/mol. The van der Waals surface area contributed by atoms with Crippen LogP contribution in [0, 0.1) is 0 Å². The van der Waals surface area contributed by atoms with Gasteiger partial charge in [-0.05, 0) is 59.2 Å². The summed E-state index contributed by atoms with van der Waals surface area (Å²) in [5.74, 6) is 1.97. The molecule has 0 aliphatic carbocycles. The number of rotatable bonds is 6. The summed E-state index contributed by atoms with van der Waals surface area (Å²) < 4.78 is 10.7. The molecule has 1 saturated heterocycles. The molecule has 1 heterocycles. The Morgan fingerprint density at radius 2 is 1.44 bits per heavy atom. The lowest BCUT2D eigenvalue weighted by Gasteiger charge is -2.40. The van der Waals surface area contributed by atoms with Gasteiger partial charge in [-0.1, -0.05) is 6.07 Å². The second-order valence-corrected chi connectivity index (χ2v) is 10.1. The highest BCUT2D eigenvalue weighted by Gasteiger charge is 2.61. The smallest absolute Gasteiger partial charge is 0.363 e. The van der Waals surface area contributed by atoms with E-state index in [2.05, 4.69) is 0 Å². The molecule has 1 aromatic carbocycles. The van der Waals surface area contributed by atoms with E-state index in [1.54, 1.807) is 59.7 Å². The quantitative estimate of drug-likeness (QED) is 0.229. The van der Waals surface area contributed by atoms with Gasteiger partial charge >= 0.3 is 17.5 Å². The van der Waals surface area contributed by atoms with Crippen LogP contribution in [0.2, 0.25) is 0 Å². The normalized spacial score (nSPS) is 15.2. The van der Waals surface area contributed by atoms with Crippen LogP contribution in [0.25, 0.3) is 0 Å². The Bertz CT molecular complexity index is 885. The fraction of sp³-hybridized carbons (Fsp3) is 0.609. The number of hydrogen-bond donors (Lipinski definition) is 3.